The minimum absolute atomic E-state index is 0.0991. The number of benzene rings is 1. The second-order valence-corrected chi connectivity index (χ2v) is 3.56. The van der Waals surface area contributed by atoms with E-state index in [9.17, 15) is 9.90 Å². The molecule has 0 aliphatic rings. The molecule has 18 heavy (non-hydrogen) atoms. The van der Waals surface area contributed by atoms with Crippen molar-refractivity contribution < 1.29 is 14.6 Å². The minimum Gasteiger partial charge on any atom is -0.508 e. The molecule has 4 nitrogen and oxygen atoms in total. The number of nitrogens with one attached hydrogen (secondary N) is 1. The molecule has 0 saturated carbocycles. The van der Waals surface area contributed by atoms with Crippen molar-refractivity contribution in [2.24, 2.45) is 0 Å². The zero-order chi connectivity index (χ0) is 14.1. The Bertz CT molecular complexity index is 389. The Hall–Kier alpha value is -1.71. The van der Waals surface area contributed by atoms with Crippen molar-refractivity contribution in [2.75, 3.05) is 7.11 Å². The van der Waals surface area contributed by atoms with Crippen LogP contribution < -0.4 is 10.1 Å². The molecule has 0 radical (unpaired) electrons. The smallest absolute Gasteiger partial charge is 0.217 e. The molecule has 1 amide bonds. The summed E-state index contributed by atoms with van der Waals surface area (Å²) in [6.07, 6.45) is 0.704. The third-order valence-corrected chi connectivity index (χ3v) is 2.36. The molecule has 0 fully saturated rings. The molecule has 1 rings (SSSR count). The summed E-state index contributed by atoms with van der Waals surface area (Å²) in [5, 5.41) is 12.4. The molecule has 0 saturated heterocycles. The predicted octanol–water partition coefficient (Wildman–Crippen LogP) is 2.63. The fraction of sp³-hybridized carbons (Fsp3) is 0.500. The first-order chi connectivity index (χ1) is 8.58. The number of carbonyl (C=O) groups is 1. The van der Waals surface area contributed by atoms with Gasteiger partial charge in [0.1, 0.15) is 11.5 Å². The summed E-state index contributed by atoms with van der Waals surface area (Å²) < 4.78 is 5.19. The number of phenolic OH excluding ortho intramolecular Hbond substituents is 1. The van der Waals surface area contributed by atoms with Gasteiger partial charge in [0, 0.05) is 19.0 Å². The highest BCUT2D eigenvalue weighted by atomic mass is 16.5. The SMILES string of the molecule is CC.CCc1c(O)cc(CNC(C)=O)cc1OC. The molecule has 0 aliphatic heterocycles. The van der Waals surface area contributed by atoms with Gasteiger partial charge in [-0.15, -0.1) is 0 Å². The molecule has 0 bridgehead atoms. The molecule has 1 aromatic carbocycles. The van der Waals surface area contributed by atoms with Crippen molar-refractivity contribution in [3.05, 3.63) is 23.3 Å². The molecule has 0 aliphatic carbocycles. The lowest BCUT2D eigenvalue weighted by Crippen LogP contribution is -2.18. The van der Waals surface area contributed by atoms with Crippen LogP contribution in [0.1, 0.15) is 38.8 Å². The Morgan fingerprint density at radius 2 is 2.00 bits per heavy atom. The van der Waals surface area contributed by atoms with Crippen LogP contribution in [-0.2, 0) is 17.8 Å². The largest absolute Gasteiger partial charge is 0.508 e. The van der Waals surface area contributed by atoms with Crippen LogP contribution in [0.3, 0.4) is 0 Å². The zero-order valence-corrected chi connectivity index (χ0v) is 11.8. The van der Waals surface area contributed by atoms with Crippen molar-refractivity contribution in [2.45, 2.75) is 40.7 Å². The first kappa shape index (κ1) is 16.3. The van der Waals surface area contributed by atoms with E-state index in [-0.39, 0.29) is 11.7 Å². The standard InChI is InChI=1S/C12H17NO3.C2H6/c1-4-10-11(15)5-9(6-12(10)16-3)7-13-8(2)14;1-2/h5-6,15H,4,7H2,1-3H3,(H,13,14);1-2H3. The third-order valence-electron chi connectivity index (χ3n) is 2.36. The highest BCUT2D eigenvalue weighted by Crippen LogP contribution is 2.29. The van der Waals surface area contributed by atoms with Gasteiger partial charge in [-0.1, -0.05) is 20.8 Å². The molecule has 0 atom stereocenters. The summed E-state index contributed by atoms with van der Waals surface area (Å²) in [5.74, 6) is 0.767. The van der Waals surface area contributed by atoms with Gasteiger partial charge in [-0.3, -0.25) is 4.79 Å². The van der Waals surface area contributed by atoms with Crippen LogP contribution in [0, 0.1) is 0 Å². The van der Waals surface area contributed by atoms with Gasteiger partial charge in [0.15, 0.2) is 0 Å². The molecule has 4 heteroatoms. The number of methoxy groups -OCH3 is 1. The van der Waals surface area contributed by atoms with Gasteiger partial charge in [-0.2, -0.15) is 0 Å². The Kier molecular flexibility index (Phi) is 7.59. The number of hydrogen-bond acceptors (Lipinski definition) is 3. The second kappa shape index (κ2) is 8.39. The van der Waals surface area contributed by atoms with E-state index in [0.29, 0.717) is 18.7 Å². The number of carbonyl (C=O) groups excluding carboxylic acids is 1. The van der Waals surface area contributed by atoms with Crippen LogP contribution in [-0.4, -0.2) is 18.1 Å². The number of hydrogen-bond donors (Lipinski definition) is 2. The lowest BCUT2D eigenvalue weighted by Gasteiger charge is -2.11. The van der Waals surface area contributed by atoms with Gasteiger partial charge >= 0.3 is 0 Å². The zero-order valence-electron chi connectivity index (χ0n) is 11.8. The van der Waals surface area contributed by atoms with Crippen molar-refractivity contribution in [3.8, 4) is 11.5 Å². The molecule has 0 aromatic heterocycles. The van der Waals surface area contributed by atoms with Crippen LogP contribution in [0.25, 0.3) is 0 Å². The van der Waals surface area contributed by atoms with Crippen LogP contribution >= 0.6 is 0 Å². The molecule has 1 aromatic rings. The van der Waals surface area contributed by atoms with Crippen molar-refractivity contribution in [1.82, 2.24) is 5.32 Å². The van der Waals surface area contributed by atoms with E-state index in [0.717, 1.165) is 11.1 Å². The van der Waals surface area contributed by atoms with E-state index >= 15 is 0 Å². The Labute approximate surface area is 109 Å². The summed E-state index contributed by atoms with van der Waals surface area (Å²) in [7, 11) is 1.57. The lowest BCUT2D eigenvalue weighted by atomic mass is 10.1. The topological polar surface area (TPSA) is 58.6 Å². The van der Waals surface area contributed by atoms with Crippen molar-refractivity contribution in [1.29, 1.82) is 0 Å². The molecule has 0 unspecified atom stereocenters. The number of ether oxygens (including phenoxy) is 1. The highest BCUT2D eigenvalue weighted by molar-refractivity contribution is 5.72. The fourth-order valence-electron chi connectivity index (χ4n) is 1.55. The monoisotopic (exact) mass is 253 g/mol. The van der Waals surface area contributed by atoms with Gasteiger partial charge in [0.05, 0.1) is 7.11 Å². The number of aromatic hydroxyl groups is 1. The van der Waals surface area contributed by atoms with Crippen LogP contribution in [0.5, 0.6) is 11.5 Å². The summed E-state index contributed by atoms with van der Waals surface area (Å²) in [4.78, 5) is 10.8. The van der Waals surface area contributed by atoms with Gasteiger partial charge in [-0.05, 0) is 24.1 Å². The summed E-state index contributed by atoms with van der Waals surface area (Å²) >= 11 is 0. The molecule has 0 spiro atoms. The van der Waals surface area contributed by atoms with E-state index < -0.39 is 0 Å². The van der Waals surface area contributed by atoms with E-state index in [1.165, 1.54) is 6.92 Å². The van der Waals surface area contributed by atoms with Crippen LogP contribution in [0.15, 0.2) is 12.1 Å². The molecular formula is C14H23NO3. The highest BCUT2D eigenvalue weighted by Gasteiger charge is 2.09. The molecule has 0 heterocycles. The predicted molar refractivity (Wildman–Crippen MR) is 72.9 cm³/mol. The second-order valence-electron chi connectivity index (χ2n) is 3.56. The van der Waals surface area contributed by atoms with Crippen LogP contribution in [0.2, 0.25) is 0 Å². The van der Waals surface area contributed by atoms with Crippen molar-refractivity contribution in [3.63, 3.8) is 0 Å². The average Bonchev–Trinajstić information content (AvgIpc) is 2.37. The van der Waals surface area contributed by atoms with Crippen LogP contribution in [0.4, 0.5) is 0 Å². The lowest BCUT2D eigenvalue weighted by molar-refractivity contribution is -0.119. The maximum atomic E-state index is 10.8. The van der Waals surface area contributed by atoms with E-state index in [4.69, 9.17) is 4.74 Å². The fourth-order valence-corrected chi connectivity index (χ4v) is 1.55. The summed E-state index contributed by atoms with van der Waals surface area (Å²) in [6, 6.07) is 3.48. The van der Waals surface area contributed by atoms with Gasteiger partial charge in [0.25, 0.3) is 0 Å². The normalized spacial score (nSPS) is 9.17. The number of phenols is 1. The van der Waals surface area contributed by atoms with E-state index in [1.54, 1.807) is 13.2 Å². The quantitative estimate of drug-likeness (QED) is 0.867. The maximum Gasteiger partial charge on any atom is 0.217 e. The first-order valence-electron chi connectivity index (χ1n) is 6.21. The van der Waals surface area contributed by atoms with Gasteiger partial charge in [0.2, 0.25) is 5.91 Å². The Balaban J connectivity index is 0.00000137. The van der Waals surface area contributed by atoms with Gasteiger partial charge < -0.3 is 15.2 Å². The van der Waals surface area contributed by atoms with E-state index in [1.807, 2.05) is 26.8 Å². The number of rotatable bonds is 4. The molecular weight excluding hydrogens is 230 g/mol. The third kappa shape index (κ3) is 4.65. The first-order valence-corrected chi connectivity index (χ1v) is 6.21. The molecule has 2 N–H and O–H groups in total. The van der Waals surface area contributed by atoms with Crippen molar-refractivity contribution >= 4 is 5.91 Å². The summed E-state index contributed by atoms with van der Waals surface area (Å²) in [5.41, 5.74) is 1.61. The summed E-state index contributed by atoms with van der Waals surface area (Å²) in [6.45, 7) is 7.80. The number of amides is 1. The average molecular weight is 253 g/mol. The molecule has 102 valence electrons. The minimum atomic E-state index is -0.0991. The van der Waals surface area contributed by atoms with E-state index in [2.05, 4.69) is 5.32 Å². The Morgan fingerprint density at radius 1 is 1.39 bits per heavy atom. The Morgan fingerprint density at radius 3 is 2.44 bits per heavy atom. The maximum absolute atomic E-state index is 10.8. The van der Waals surface area contributed by atoms with Gasteiger partial charge in [-0.25, -0.2) is 0 Å².